The Kier molecular flexibility index (Phi) is 7.07. The van der Waals surface area contributed by atoms with E-state index >= 15 is 0 Å². The maximum Gasteiger partial charge on any atom is 0.315 e. The summed E-state index contributed by atoms with van der Waals surface area (Å²) in [5, 5.41) is 6.33. The topological polar surface area (TPSA) is 59.6 Å². The molecule has 5 heteroatoms. The molecule has 32 heavy (non-hydrogen) atoms. The highest BCUT2D eigenvalue weighted by molar-refractivity contribution is 5.75. The summed E-state index contributed by atoms with van der Waals surface area (Å²) in [5.74, 6) is 0.829. The van der Waals surface area contributed by atoms with E-state index in [1.807, 2.05) is 72.8 Å². The first-order valence-electron chi connectivity index (χ1n) is 11.1. The van der Waals surface area contributed by atoms with Crippen LogP contribution >= 0.6 is 0 Å². The van der Waals surface area contributed by atoms with Gasteiger partial charge in [-0.15, -0.1) is 0 Å². The van der Waals surface area contributed by atoms with Crippen LogP contribution in [0.25, 0.3) is 0 Å². The van der Waals surface area contributed by atoms with Crippen LogP contribution in [0, 0.1) is 0 Å². The average Bonchev–Trinajstić information content (AvgIpc) is 2.88. The number of urea groups is 1. The monoisotopic (exact) mass is 430 g/mol. The second kappa shape index (κ2) is 10.3. The van der Waals surface area contributed by atoms with Crippen molar-refractivity contribution in [2.75, 3.05) is 26.9 Å². The van der Waals surface area contributed by atoms with Crippen molar-refractivity contribution in [3.05, 3.63) is 102 Å². The number of hydrogen-bond donors (Lipinski definition) is 2. The summed E-state index contributed by atoms with van der Waals surface area (Å²) in [4.78, 5) is 13.0. The number of amides is 2. The Balaban J connectivity index is 1.49. The Labute approximate surface area is 189 Å². The van der Waals surface area contributed by atoms with Gasteiger partial charge in [-0.2, -0.15) is 0 Å². The van der Waals surface area contributed by atoms with E-state index in [0.717, 1.165) is 29.7 Å². The minimum Gasteiger partial charge on any atom is -0.497 e. The SMILES string of the molecule is COc1ccc(C2(CNC(=O)NC(c3ccccc3)c3ccccc3)CCOCC2)cc1. The van der Waals surface area contributed by atoms with E-state index in [1.165, 1.54) is 5.56 Å². The van der Waals surface area contributed by atoms with Crippen molar-refractivity contribution in [3.8, 4) is 5.75 Å². The van der Waals surface area contributed by atoms with Crippen LogP contribution in [0.1, 0.15) is 35.6 Å². The molecule has 0 spiro atoms. The number of hydrogen-bond acceptors (Lipinski definition) is 3. The third-order valence-corrected chi connectivity index (χ3v) is 6.28. The zero-order valence-electron chi connectivity index (χ0n) is 18.4. The lowest BCUT2D eigenvalue weighted by Gasteiger charge is -2.38. The predicted octanol–water partition coefficient (Wildman–Crippen LogP) is 4.83. The maximum absolute atomic E-state index is 13.0. The van der Waals surface area contributed by atoms with Gasteiger partial charge in [0.15, 0.2) is 0 Å². The van der Waals surface area contributed by atoms with Gasteiger partial charge in [-0.1, -0.05) is 72.8 Å². The Bertz CT molecular complexity index is 945. The molecular weight excluding hydrogens is 400 g/mol. The summed E-state index contributed by atoms with van der Waals surface area (Å²) in [5.41, 5.74) is 3.13. The first kappa shape index (κ1) is 21.9. The van der Waals surface area contributed by atoms with Gasteiger partial charge in [0.25, 0.3) is 0 Å². The molecule has 0 radical (unpaired) electrons. The molecule has 1 aliphatic heterocycles. The minimum atomic E-state index is -0.218. The van der Waals surface area contributed by atoms with Crippen molar-refractivity contribution in [1.82, 2.24) is 10.6 Å². The molecule has 2 N–H and O–H groups in total. The van der Waals surface area contributed by atoms with E-state index in [9.17, 15) is 4.79 Å². The van der Waals surface area contributed by atoms with Crippen LogP contribution in [0.2, 0.25) is 0 Å². The number of benzene rings is 3. The van der Waals surface area contributed by atoms with Gasteiger partial charge in [0.1, 0.15) is 5.75 Å². The van der Waals surface area contributed by atoms with Gasteiger partial charge in [-0.05, 0) is 41.7 Å². The van der Waals surface area contributed by atoms with E-state index in [0.29, 0.717) is 19.8 Å². The molecule has 4 rings (SSSR count). The van der Waals surface area contributed by atoms with Crippen LogP contribution in [0.15, 0.2) is 84.9 Å². The molecule has 0 aromatic heterocycles. The molecule has 1 fully saturated rings. The molecule has 2 amide bonds. The lowest BCUT2D eigenvalue weighted by Crippen LogP contribution is -2.48. The maximum atomic E-state index is 13.0. The summed E-state index contributed by atoms with van der Waals surface area (Å²) in [6, 6.07) is 27.8. The molecule has 0 bridgehead atoms. The van der Waals surface area contributed by atoms with E-state index in [-0.39, 0.29) is 17.5 Å². The summed E-state index contributed by atoms with van der Waals surface area (Å²) in [6.45, 7) is 1.92. The number of methoxy groups -OCH3 is 1. The van der Waals surface area contributed by atoms with Crippen molar-refractivity contribution in [1.29, 1.82) is 0 Å². The van der Waals surface area contributed by atoms with Crippen LogP contribution in [0.5, 0.6) is 5.75 Å². The van der Waals surface area contributed by atoms with Gasteiger partial charge < -0.3 is 20.1 Å². The van der Waals surface area contributed by atoms with E-state index < -0.39 is 0 Å². The van der Waals surface area contributed by atoms with Crippen molar-refractivity contribution in [3.63, 3.8) is 0 Å². The quantitative estimate of drug-likeness (QED) is 0.564. The van der Waals surface area contributed by atoms with Gasteiger partial charge in [0.2, 0.25) is 0 Å². The van der Waals surface area contributed by atoms with Gasteiger partial charge in [0, 0.05) is 25.2 Å². The standard InChI is InChI=1S/C27H30N2O3/c1-31-24-14-12-23(13-15-24)27(16-18-32-19-17-27)20-28-26(30)29-25(21-8-4-2-5-9-21)22-10-6-3-7-11-22/h2-15,25H,16-20H2,1H3,(H2,28,29,30). The van der Waals surface area contributed by atoms with E-state index in [1.54, 1.807) is 7.11 Å². The lowest BCUT2D eigenvalue weighted by atomic mass is 9.74. The molecule has 166 valence electrons. The number of ether oxygens (including phenoxy) is 2. The molecular formula is C27H30N2O3. The molecule has 3 aromatic carbocycles. The van der Waals surface area contributed by atoms with Crippen LogP contribution in [-0.4, -0.2) is 32.9 Å². The first-order valence-corrected chi connectivity index (χ1v) is 11.1. The molecule has 5 nitrogen and oxygen atoms in total. The number of carbonyl (C=O) groups is 1. The van der Waals surface area contributed by atoms with Gasteiger partial charge in [-0.25, -0.2) is 4.79 Å². The zero-order chi connectivity index (χ0) is 22.2. The van der Waals surface area contributed by atoms with Gasteiger partial charge in [0.05, 0.1) is 13.2 Å². The Morgan fingerprint density at radius 1 is 0.906 bits per heavy atom. The largest absolute Gasteiger partial charge is 0.497 e. The normalized spacial score (nSPS) is 15.2. The second-order valence-electron chi connectivity index (χ2n) is 8.20. The third kappa shape index (κ3) is 5.11. The molecule has 0 atom stereocenters. The second-order valence-corrected chi connectivity index (χ2v) is 8.20. The average molecular weight is 431 g/mol. The number of nitrogens with one attached hydrogen (secondary N) is 2. The van der Waals surface area contributed by atoms with Gasteiger partial charge >= 0.3 is 6.03 Å². The van der Waals surface area contributed by atoms with Crippen LogP contribution in [0.4, 0.5) is 4.79 Å². The van der Waals surface area contributed by atoms with Crippen molar-refractivity contribution >= 4 is 6.03 Å². The predicted molar refractivity (Wildman–Crippen MR) is 126 cm³/mol. The van der Waals surface area contributed by atoms with Crippen LogP contribution in [-0.2, 0) is 10.2 Å². The fraction of sp³-hybridized carbons (Fsp3) is 0.296. The summed E-state index contributed by atoms with van der Waals surface area (Å²) in [7, 11) is 1.67. The summed E-state index contributed by atoms with van der Waals surface area (Å²) < 4.78 is 10.9. The van der Waals surface area contributed by atoms with Crippen molar-refractivity contribution in [2.24, 2.45) is 0 Å². The zero-order valence-corrected chi connectivity index (χ0v) is 18.4. The molecule has 0 saturated carbocycles. The summed E-state index contributed by atoms with van der Waals surface area (Å²) >= 11 is 0. The highest BCUT2D eigenvalue weighted by Crippen LogP contribution is 2.35. The van der Waals surface area contributed by atoms with E-state index in [2.05, 4.69) is 22.8 Å². The fourth-order valence-electron chi connectivity index (χ4n) is 4.36. The number of carbonyl (C=O) groups excluding carboxylic acids is 1. The third-order valence-electron chi connectivity index (χ3n) is 6.28. The van der Waals surface area contributed by atoms with Crippen molar-refractivity contribution < 1.29 is 14.3 Å². The molecule has 1 heterocycles. The lowest BCUT2D eigenvalue weighted by molar-refractivity contribution is 0.0506. The Morgan fingerprint density at radius 3 is 2.00 bits per heavy atom. The minimum absolute atomic E-state index is 0.156. The molecule has 3 aromatic rings. The molecule has 1 aliphatic rings. The molecule has 0 aliphatic carbocycles. The summed E-state index contributed by atoms with van der Waals surface area (Å²) in [6.07, 6.45) is 1.72. The highest BCUT2D eigenvalue weighted by atomic mass is 16.5. The fourth-order valence-corrected chi connectivity index (χ4v) is 4.36. The van der Waals surface area contributed by atoms with Crippen molar-refractivity contribution in [2.45, 2.75) is 24.3 Å². The van der Waals surface area contributed by atoms with E-state index in [4.69, 9.17) is 9.47 Å². The van der Waals surface area contributed by atoms with Crippen LogP contribution in [0.3, 0.4) is 0 Å². The van der Waals surface area contributed by atoms with Crippen LogP contribution < -0.4 is 15.4 Å². The molecule has 1 saturated heterocycles. The Hall–Kier alpha value is -3.31. The smallest absolute Gasteiger partial charge is 0.315 e. The number of rotatable bonds is 7. The first-order chi connectivity index (χ1) is 15.7. The highest BCUT2D eigenvalue weighted by Gasteiger charge is 2.35. The Morgan fingerprint density at radius 2 is 1.47 bits per heavy atom. The molecule has 0 unspecified atom stereocenters. The van der Waals surface area contributed by atoms with Gasteiger partial charge in [-0.3, -0.25) is 0 Å².